The number of likely N-dealkylation sites (tertiary alicyclic amines) is 1. The van der Waals surface area contributed by atoms with E-state index in [1.165, 1.54) is 16.8 Å². The molecule has 2 fully saturated rings. The van der Waals surface area contributed by atoms with Crippen molar-refractivity contribution in [2.45, 2.75) is 71.2 Å². The second-order valence-corrected chi connectivity index (χ2v) is 11.2. The first-order valence-electron chi connectivity index (χ1n) is 12.1. The number of carbonyl (C=O) groups excluding carboxylic acids is 1. The van der Waals surface area contributed by atoms with Crippen molar-refractivity contribution in [2.75, 3.05) is 19.6 Å². The first kappa shape index (κ1) is 22.2. The first-order valence-corrected chi connectivity index (χ1v) is 12.1. The van der Waals surface area contributed by atoms with Gasteiger partial charge >= 0.3 is 6.09 Å². The average molecular weight is 450 g/mol. The van der Waals surface area contributed by atoms with E-state index in [9.17, 15) is 4.79 Å². The van der Waals surface area contributed by atoms with Crippen LogP contribution in [0.3, 0.4) is 0 Å². The van der Waals surface area contributed by atoms with Gasteiger partial charge in [-0.05, 0) is 45.2 Å². The molecule has 1 saturated heterocycles. The first-order chi connectivity index (χ1) is 15.7. The lowest BCUT2D eigenvalue weighted by Crippen LogP contribution is -2.66. The summed E-state index contributed by atoms with van der Waals surface area (Å²) in [6, 6.07) is 12.7. The fourth-order valence-electron chi connectivity index (χ4n) is 5.55. The van der Waals surface area contributed by atoms with Crippen molar-refractivity contribution < 1.29 is 14.3 Å². The van der Waals surface area contributed by atoms with Gasteiger partial charge in [-0.15, -0.1) is 0 Å². The highest BCUT2D eigenvalue weighted by molar-refractivity contribution is 5.69. The number of aromatic nitrogens is 1. The monoisotopic (exact) mass is 449 g/mol. The summed E-state index contributed by atoms with van der Waals surface area (Å²) in [5.41, 5.74) is 3.50. The summed E-state index contributed by atoms with van der Waals surface area (Å²) in [5.74, 6) is 1.36. The molecule has 2 aliphatic heterocycles. The Morgan fingerprint density at radius 3 is 2.58 bits per heavy atom. The molecule has 1 aromatic heterocycles. The minimum Gasteiger partial charge on any atom is -0.490 e. The Labute approximate surface area is 196 Å². The van der Waals surface area contributed by atoms with E-state index in [1.807, 2.05) is 37.9 Å². The Kier molecular flexibility index (Phi) is 5.60. The average Bonchev–Trinajstić information content (AvgIpc) is 2.68. The van der Waals surface area contributed by atoms with Gasteiger partial charge in [0, 0.05) is 55.8 Å². The molecule has 1 saturated carbocycles. The zero-order chi connectivity index (χ0) is 23.2. The molecule has 6 heteroatoms. The van der Waals surface area contributed by atoms with Crippen LogP contribution in [0.2, 0.25) is 0 Å². The maximum atomic E-state index is 12.3. The van der Waals surface area contributed by atoms with Gasteiger partial charge in [0.15, 0.2) is 0 Å². The SMILES string of the molecule is CC1CN(Cc2ccccc2)Cc2c(OC3CC4(C3)CN(C(=O)OC(C)(C)C)C4)ccnc21. The van der Waals surface area contributed by atoms with E-state index in [0.717, 1.165) is 51.3 Å². The third-order valence-corrected chi connectivity index (χ3v) is 6.99. The fourth-order valence-corrected chi connectivity index (χ4v) is 5.55. The van der Waals surface area contributed by atoms with Crippen molar-refractivity contribution in [3.05, 3.63) is 59.4 Å². The number of fused-ring (bicyclic) bond motifs is 1. The second kappa shape index (κ2) is 8.32. The molecule has 3 heterocycles. The van der Waals surface area contributed by atoms with E-state index in [0.29, 0.717) is 5.92 Å². The van der Waals surface area contributed by atoms with Crippen LogP contribution in [-0.2, 0) is 17.8 Å². The molecule has 1 amide bonds. The van der Waals surface area contributed by atoms with Gasteiger partial charge in [-0.25, -0.2) is 4.79 Å². The van der Waals surface area contributed by atoms with Crippen molar-refractivity contribution in [1.82, 2.24) is 14.8 Å². The highest BCUT2D eigenvalue weighted by atomic mass is 16.6. The smallest absolute Gasteiger partial charge is 0.410 e. The molecule has 3 aliphatic rings. The zero-order valence-electron chi connectivity index (χ0n) is 20.2. The number of benzene rings is 1. The number of amides is 1. The largest absolute Gasteiger partial charge is 0.490 e. The van der Waals surface area contributed by atoms with E-state index in [-0.39, 0.29) is 17.6 Å². The Hall–Kier alpha value is -2.60. The number of nitrogens with zero attached hydrogens (tertiary/aromatic N) is 3. The lowest BCUT2D eigenvalue weighted by atomic mass is 9.62. The second-order valence-electron chi connectivity index (χ2n) is 11.2. The molecule has 1 aliphatic carbocycles. The molecule has 1 aromatic carbocycles. The van der Waals surface area contributed by atoms with Gasteiger partial charge in [-0.2, -0.15) is 0 Å². The number of ether oxygens (including phenoxy) is 2. The summed E-state index contributed by atoms with van der Waals surface area (Å²) < 4.78 is 12.0. The lowest BCUT2D eigenvalue weighted by Gasteiger charge is -2.58. The van der Waals surface area contributed by atoms with Gasteiger partial charge in [0.1, 0.15) is 17.5 Å². The van der Waals surface area contributed by atoms with Crippen LogP contribution in [0.25, 0.3) is 0 Å². The lowest BCUT2D eigenvalue weighted by molar-refractivity contribution is -0.117. The third kappa shape index (κ3) is 4.72. The van der Waals surface area contributed by atoms with Gasteiger partial charge in [0.05, 0.1) is 5.69 Å². The fraction of sp³-hybridized carbons (Fsp3) is 0.556. The van der Waals surface area contributed by atoms with Crippen LogP contribution in [0.5, 0.6) is 5.75 Å². The van der Waals surface area contributed by atoms with E-state index >= 15 is 0 Å². The molecular weight excluding hydrogens is 414 g/mol. The molecule has 1 spiro atoms. The number of carbonyl (C=O) groups is 1. The maximum Gasteiger partial charge on any atom is 0.410 e. The predicted octanol–water partition coefficient (Wildman–Crippen LogP) is 4.98. The van der Waals surface area contributed by atoms with Crippen molar-refractivity contribution in [1.29, 1.82) is 0 Å². The molecule has 0 N–H and O–H groups in total. The Balaban J connectivity index is 1.19. The summed E-state index contributed by atoms with van der Waals surface area (Å²) >= 11 is 0. The van der Waals surface area contributed by atoms with Gasteiger partial charge < -0.3 is 14.4 Å². The maximum absolute atomic E-state index is 12.3. The number of hydrogen-bond acceptors (Lipinski definition) is 5. The minimum absolute atomic E-state index is 0.201. The van der Waals surface area contributed by atoms with Crippen molar-refractivity contribution in [2.24, 2.45) is 5.41 Å². The standard InChI is InChI=1S/C27H35N3O3/c1-19-14-29(15-20-8-6-5-7-9-20)16-22-23(10-11-28-24(19)22)32-21-12-27(13-21)17-30(18-27)25(31)33-26(2,3)4/h5-11,19,21H,12-18H2,1-4H3. The minimum atomic E-state index is -0.447. The molecule has 5 rings (SSSR count). The van der Waals surface area contributed by atoms with Crippen LogP contribution in [0.15, 0.2) is 42.6 Å². The zero-order valence-corrected chi connectivity index (χ0v) is 20.2. The molecular formula is C27H35N3O3. The normalized spacial score (nSPS) is 22.3. The van der Waals surface area contributed by atoms with E-state index in [4.69, 9.17) is 14.5 Å². The van der Waals surface area contributed by atoms with Crippen molar-refractivity contribution >= 4 is 6.09 Å². The molecule has 0 radical (unpaired) electrons. The van der Waals surface area contributed by atoms with E-state index in [2.05, 4.69) is 42.2 Å². The quantitative estimate of drug-likeness (QED) is 0.659. The van der Waals surface area contributed by atoms with Crippen LogP contribution >= 0.6 is 0 Å². The van der Waals surface area contributed by atoms with Gasteiger partial charge in [0.25, 0.3) is 0 Å². The van der Waals surface area contributed by atoms with Crippen molar-refractivity contribution in [3.63, 3.8) is 0 Å². The Morgan fingerprint density at radius 2 is 1.88 bits per heavy atom. The number of pyridine rings is 1. The molecule has 33 heavy (non-hydrogen) atoms. The van der Waals surface area contributed by atoms with Crippen LogP contribution in [0.1, 0.15) is 63.3 Å². The summed E-state index contributed by atoms with van der Waals surface area (Å²) in [6.07, 6.45) is 3.88. The summed E-state index contributed by atoms with van der Waals surface area (Å²) in [7, 11) is 0. The molecule has 6 nitrogen and oxygen atoms in total. The third-order valence-electron chi connectivity index (χ3n) is 6.99. The van der Waals surface area contributed by atoms with Crippen LogP contribution in [0, 0.1) is 5.41 Å². The van der Waals surface area contributed by atoms with Gasteiger partial charge in [0.2, 0.25) is 0 Å². The van der Waals surface area contributed by atoms with Gasteiger partial charge in [-0.1, -0.05) is 37.3 Å². The highest BCUT2D eigenvalue weighted by Crippen LogP contribution is 2.50. The molecule has 2 aromatic rings. The summed E-state index contributed by atoms with van der Waals surface area (Å²) in [4.78, 5) is 21.3. The van der Waals surface area contributed by atoms with E-state index < -0.39 is 5.60 Å². The predicted molar refractivity (Wildman–Crippen MR) is 127 cm³/mol. The summed E-state index contributed by atoms with van der Waals surface area (Å²) in [5, 5.41) is 0. The molecule has 1 unspecified atom stereocenters. The van der Waals surface area contributed by atoms with E-state index in [1.54, 1.807) is 0 Å². The number of hydrogen-bond donors (Lipinski definition) is 0. The Bertz CT molecular complexity index is 1000. The number of rotatable bonds is 4. The van der Waals surface area contributed by atoms with Crippen LogP contribution in [0.4, 0.5) is 4.79 Å². The van der Waals surface area contributed by atoms with Crippen LogP contribution in [-0.4, -0.2) is 52.2 Å². The molecule has 1 atom stereocenters. The van der Waals surface area contributed by atoms with Gasteiger partial charge in [-0.3, -0.25) is 9.88 Å². The molecule has 176 valence electrons. The van der Waals surface area contributed by atoms with Crippen molar-refractivity contribution in [3.8, 4) is 5.75 Å². The Morgan fingerprint density at radius 1 is 1.15 bits per heavy atom. The summed E-state index contributed by atoms with van der Waals surface area (Å²) in [6.45, 7) is 12.3. The highest BCUT2D eigenvalue weighted by Gasteiger charge is 2.55. The van der Waals surface area contributed by atoms with Crippen LogP contribution < -0.4 is 4.74 Å². The topological polar surface area (TPSA) is 54.9 Å². The molecule has 0 bridgehead atoms.